The van der Waals surface area contributed by atoms with Crippen LogP contribution in [0.15, 0.2) is 42.5 Å². The molecule has 1 fully saturated rings. The molecule has 4 rings (SSSR count). The summed E-state index contributed by atoms with van der Waals surface area (Å²) in [5, 5.41) is 9.95. The summed E-state index contributed by atoms with van der Waals surface area (Å²) >= 11 is 0. The third-order valence-electron chi connectivity index (χ3n) is 7.33. The molecule has 1 atom stereocenters. The monoisotopic (exact) mass is 447 g/mol. The highest BCUT2D eigenvalue weighted by molar-refractivity contribution is 5.79. The fourth-order valence-electron chi connectivity index (χ4n) is 5.37. The van der Waals surface area contributed by atoms with Gasteiger partial charge in [0.05, 0.1) is 32.9 Å². The Morgan fingerprint density at radius 3 is 2.42 bits per heavy atom. The van der Waals surface area contributed by atoms with Crippen molar-refractivity contribution in [3.8, 4) is 17.6 Å². The van der Waals surface area contributed by atoms with Crippen LogP contribution in [0, 0.1) is 11.3 Å². The third-order valence-corrected chi connectivity index (χ3v) is 7.33. The van der Waals surface area contributed by atoms with Crippen molar-refractivity contribution in [2.75, 3.05) is 34.4 Å². The van der Waals surface area contributed by atoms with Crippen LogP contribution in [-0.4, -0.2) is 55.6 Å². The molecule has 1 amide bonds. The molecule has 1 heterocycles. The molecular weight excluding hydrogens is 414 g/mol. The number of nitriles is 1. The molecule has 0 radical (unpaired) electrons. The van der Waals surface area contributed by atoms with Crippen molar-refractivity contribution >= 4 is 5.91 Å². The highest BCUT2D eigenvalue weighted by atomic mass is 16.5. The van der Waals surface area contributed by atoms with E-state index in [1.54, 1.807) is 26.2 Å². The van der Waals surface area contributed by atoms with Gasteiger partial charge >= 0.3 is 0 Å². The topological polar surface area (TPSA) is 65.8 Å². The molecule has 1 aliphatic heterocycles. The van der Waals surface area contributed by atoms with Crippen LogP contribution in [-0.2, 0) is 11.2 Å². The van der Waals surface area contributed by atoms with Crippen LogP contribution in [0.5, 0.6) is 11.5 Å². The fourth-order valence-corrected chi connectivity index (χ4v) is 5.37. The normalized spacial score (nSPS) is 19.8. The van der Waals surface area contributed by atoms with Gasteiger partial charge < -0.3 is 14.4 Å². The zero-order valence-corrected chi connectivity index (χ0v) is 19.8. The minimum Gasteiger partial charge on any atom is -0.493 e. The van der Waals surface area contributed by atoms with Gasteiger partial charge in [-0.3, -0.25) is 9.69 Å². The van der Waals surface area contributed by atoms with Crippen LogP contribution in [0.4, 0.5) is 0 Å². The number of amides is 1. The Balaban J connectivity index is 1.67. The summed E-state index contributed by atoms with van der Waals surface area (Å²) in [4.78, 5) is 17.4. The van der Waals surface area contributed by atoms with E-state index in [9.17, 15) is 10.1 Å². The number of hydrogen-bond donors (Lipinski definition) is 0. The summed E-state index contributed by atoms with van der Waals surface area (Å²) in [6, 6.07) is 16.8. The molecule has 1 saturated carbocycles. The molecule has 0 spiro atoms. The van der Waals surface area contributed by atoms with E-state index in [1.807, 2.05) is 24.3 Å². The highest BCUT2D eigenvalue weighted by Crippen LogP contribution is 2.41. The Hall–Kier alpha value is -3.04. The van der Waals surface area contributed by atoms with Crippen molar-refractivity contribution in [2.24, 2.45) is 0 Å². The molecule has 1 aliphatic carbocycles. The molecule has 2 aromatic rings. The highest BCUT2D eigenvalue weighted by Gasteiger charge is 2.40. The number of ether oxygens (including phenoxy) is 2. The molecule has 2 aliphatic rings. The molecule has 0 aromatic heterocycles. The van der Waals surface area contributed by atoms with Gasteiger partial charge in [-0.15, -0.1) is 0 Å². The van der Waals surface area contributed by atoms with Crippen LogP contribution in [0.3, 0.4) is 0 Å². The first-order chi connectivity index (χ1) is 16.0. The van der Waals surface area contributed by atoms with E-state index in [4.69, 9.17) is 9.47 Å². The molecule has 0 bridgehead atoms. The van der Waals surface area contributed by atoms with Gasteiger partial charge in [0.25, 0.3) is 0 Å². The van der Waals surface area contributed by atoms with Crippen LogP contribution >= 0.6 is 0 Å². The maximum absolute atomic E-state index is 13.5. The van der Waals surface area contributed by atoms with Gasteiger partial charge in [-0.05, 0) is 48.1 Å². The maximum Gasteiger partial charge on any atom is 0.237 e. The van der Waals surface area contributed by atoms with Crippen molar-refractivity contribution in [2.45, 2.75) is 50.1 Å². The summed E-state index contributed by atoms with van der Waals surface area (Å²) in [6.45, 7) is 1.02. The molecule has 174 valence electrons. The standard InChI is InChI=1S/C27H33N3O3/c1-29(27(19-28)13-8-5-9-14-27)25(31)18-30-15-12-21-16-23(32-2)24(33-3)17-22(21)26(30)20-10-6-4-7-11-20/h4,6-7,10-11,16-17,26H,5,8-9,12-15,18H2,1-3H3. The lowest BCUT2D eigenvalue weighted by molar-refractivity contribution is -0.136. The number of nitrogens with zero attached hydrogens (tertiary/aromatic N) is 3. The quantitative estimate of drug-likeness (QED) is 0.659. The Labute approximate surface area is 196 Å². The smallest absolute Gasteiger partial charge is 0.237 e. The molecule has 6 heteroatoms. The van der Waals surface area contributed by atoms with E-state index in [1.165, 1.54) is 5.56 Å². The van der Waals surface area contributed by atoms with Crippen LogP contribution in [0.25, 0.3) is 0 Å². The lowest BCUT2D eigenvalue weighted by Gasteiger charge is -2.42. The van der Waals surface area contributed by atoms with Gasteiger partial charge in [0.1, 0.15) is 5.54 Å². The zero-order valence-electron chi connectivity index (χ0n) is 19.8. The Morgan fingerprint density at radius 2 is 1.79 bits per heavy atom. The Morgan fingerprint density at radius 1 is 1.12 bits per heavy atom. The molecule has 33 heavy (non-hydrogen) atoms. The molecule has 0 N–H and O–H groups in total. The van der Waals surface area contributed by atoms with E-state index in [0.29, 0.717) is 5.75 Å². The minimum absolute atomic E-state index is 0.00306. The van der Waals surface area contributed by atoms with Gasteiger partial charge in [-0.1, -0.05) is 49.6 Å². The van der Waals surface area contributed by atoms with E-state index in [2.05, 4.69) is 29.2 Å². The van der Waals surface area contributed by atoms with Crippen molar-refractivity contribution in [1.29, 1.82) is 5.26 Å². The first-order valence-electron chi connectivity index (χ1n) is 11.7. The molecular formula is C27H33N3O3. The zero-order chi connectivity index (χ0) is 23.4. The molecule has 2 aromatic carbocycles. The number of hydrogen-bond acceptors (Lipinski definition) is 5. The summed E-state index contributed by atoms with van der Waals surface area (Å²) in [7, 11) is 5.10. The van der Waals surface area contributed by atoms with Crippen molar-refractivity contribution in [3.05, 3.63) is 59.2 Å². The average Bonchev–Trinajstić information content (AvgIpc) is 2.88. The minimum atomic E-state index is -0.679. The average molecular weight is 448 g/mol. The predicted molar refractivity (Wildman–Crippen MR) is 127 cm³/mol. The predicted octanol–water partition coefficient (Wildman–Crippen LogP) is 4.34. The van der Waals surface area contributed by atoms with E-state index < -0.39 is 5.54 Å². The second-order valence-corrected chi connectivity index (χ2v) is 9.10. The largest absolute Gasteiger partial charge is 0.493 e. The molecule has 1 unspecified atom stereocenters. The number of carbonyl (C=O) groups is 1. The summed E-state index contributed by atoms with van der Waals surface area (Å²) in [6.07, 6.45) is 5.46. The van der Waals surface area contributed by atoms with Crippen molar-refractivity contribution in [3.63, 3.8) is 0 Å². The lowest BCUT2D eigenvalue weighted by Crippen LogP contribution is -2.53. The first kappa shape index (κ1) is 23.1. The number of benzene rings is 2. The van der Waals surface area contributed by atoms with Crippen LogP contribution in [0.1, 0.15) is 54.8 Å². The van der Waals surface area contributed by atoms with Gasteiger partial charge in [0, 0.05) is 13.6 Å². The van der Waals surface area contributed by atoms with Gasteiger partial charge in [-0.2, -0.15) is 5.26 Å². The molecule has 6 nitrogen and oxygen atoms in total. The summed E-state index contributed by atoms with van der Waals surface area (Å²) < 4.78 is 11.1. The van der Waals surface area contributed by atoms with Crippen LogP contribution in [0.2, 0.25) is 0 Å². The van der Waals surface area contributed by atoms with E-state index >= 15 is 0 Å². The second kappa shape index (κ2) is 9.84. The van der Waals surface area contributed by atoms with Gasteiger partial charge in [0.2, 0.25) is 5.91 Å². The maximum atomic E-state index is 13.5. The lowest BCUT2D eigenvalue weighted by atomic mass is 9.81. The summed E-state index contributed by atoms with van der Waals surface area (Å²) in [5.41, 5.74) is 2.79. The fraction of sp³-hybridized carbons (Fsp3) is 0.481. The Bertz CT molecular complexity index is 1020. The van der Waals surface area contributed by atoms with Crippen molar-refractivity contribution < 1.29 is 14.3 Å². The number of rotatable bonds is 6. The SMILES string of the molecule is COc1cc2c(cc1OC)C(c1ccccc1)N(CC(=O)N(C)C1(C#N)CCCCC1)CC2. The summed E-state index contributed by atoms with van der Waals surface area (Å²) in [5.74, 6) is 1.41. The van der Waals surface area contributed by atoms with Gasteiger partial charge in [0.15, 0.2) is 11.5 Å². The number of carbonyl (C=O) groups excluding carboxylic acids is 1. The second-order valence-electron chi connectivity index (χ2n) is 9.10. The van der Waals surface area contributed by atoms with Crippen molar-refractivity contribution in [1.82, 2.24) is 9.80 Å². The van der Waals surface area contributed by atoms with E-state index in [0.717, 1.165) is 61.9 Å². The number of likely N-dealkylation sites (N-methyl/N-ethyl adjacent to an activating group) is 1. The Kier molecular flexibility index (Phi) is 6.90. The van der Waals surface area contributed by atoms with E-state index in [-0.39, 0.29) is 18.5 Å². The van der Waals surface area contributed by atoms with Gasteiger partial charge in [-0.25, -0.2) is 0 Å². The molecule has 0 saturated heterocycles. The number of fused-ring (bicyclic) bond motifs is 1. The van der Waals surface area contributed by atoms with Crippen LogP contribution < -0.4 is 9.47 Å². The number of methoxy groups -OCH3 is 2. The first-order valence-corrected chi connectivity index (χ1v) is 11.7. The third kappa shape index (κ3) is 4.43.